The predicted octanol–water partition coefficient (Wildman–Crippen LogP) is 1.19. The van der Waals surface area contributed by atoms with Crippen LogP contribution in [0.2, 0.25) is 0 Å². The van der Waals surface area contributed by atoms with Gasteiger partial charge in [-0.2, -0.15) is 0 Å². The summed E-state index contributed by atoms with van der Waals surface area (Å²) in [5.74, 6) is -0.539. The molecule has 7 heteroatoms. The summed E-state index contributed by atoms with van der Waals surface area (Å²) < 4.78 is 43.7. The number of benzene rings is 1. The summed E-state index contributed by atoms with van der Waals surface area (Å²) >= 11 is 0. The maximum Gasteiger partial charge on any atom is 0.232 e. The van der Waals surface area contributed by atoms with E-state index in [1.165, 1.54) is 19.2 Å². The lowest BCUT2D eigenvalue weighted by Gasteiger charge is -2.09. The molecule has 0 bridgehead atoms. The van der Waals surface area contributed by atoms with E-state index in [0.717, 1.165) is 6.07 Å². The van der Waals surface area contributed by atoms with Crippen molar-refractivity contribution >= 4 is 15.7 Å². The third kappa shape index (κ3) is 4.50. The smallest absolute Gasteiger partial charge is 0.232 e. The average Bonchev–Trinajstić information content (AvgIpc) is 2.29. The zero-order chi connectivity index (χ0) is 13.6. The lowest BCUT2D eigenvalue weighted by molar-refractivity contribution is 0.386. The topological polar surface area (TPSA) is 67.4 Å². The molecule has 0 amide bonds. The molecule has 0 heterocycles. The largest absolute Gasteiger partial charge is 0.494 e. The minimum absolute atomic E-state index is 0.0124. The van der Waals surface area contributed by atoms with Crippen molar-refractivity contribution in [2.24, 2.45) is 0 Å². The second-order valence-corrected chi connectivity index (χ2v) is 5.57. The Kier molecular flexibility index (Phi) is 5.36. The second-order valence-electron chi connectivity index (χ2n) is 3.73. The van der Waals surface area contributed by atoms with E-state index in [-0.39, 0.29) is 17.2 Å². The fourth-order valence-corrected chi connectivity index (χ4v) is 2.51. The Labute approximate surface area is 106 Å². The highest BCUT2D eigenvalue weighted by atomic mass is 32.2. The first kappa shape index (κ1) is 14.7. The number of nitrogens with one attached hydrogen (secondary N) is 2. The lowest BCUT2D eigenvalue weighted by Crippen LogP contribution is -2.20. The summed E-state index contributed by atoms with van der Waals surface area (Å²) in [5.41, 5.74) is 0.192. The SMILES string of the molecule is CNCCCS(=O)(=O)Nc1ccc(OC)c(F)c1. The van der Waals surface area contributed by atoms with Crippen molar-refractivity contribution in [2.75, 3.05) is 31.2 Å². The van der Waals surface area contributed by atoms with E-state index in [1.807, 2.05) is 0 Å². The number of sulfonamides is 1. The molecule has 0 radical (unpaired) electrons. The fraction of sp³-hybridized carbons (Fsp3) is 0.455. The van der Waals surface area contributed by atoms with Crippen molar-refractivity contribution in [3.8, 4) is 5.75 Å². The highest BCUT2D eigenvalue weighted by Gasteiger charge is 2.11. The molecule has 0 aliphatic carbocycles. The number of methoxy groups -OCH3 is 1. The standard InChI is InChI=1S/C11H17FN2O3S/c1-13-6-3-7-18(15,16)14-9-4-5-11(17-2)10(12)8-9/h4-5,8,13-14H,3,6-7H2,1-2H3. The summed E-state index contributed by atoms with van der Waals surface area (Å²) in [6.45, 7) is 0.609. The van der Waals surface area contributed by atoms with E-state index in [2.05, 4.69) is 10.0 Å². The first-order chi connectivity index (χ1) is 8.48. The minimum atomic E-state index is -3.44. The van der Waals surface area contributed by atoms with Crippen LogP contribution >= 0.6 is 0 Å². The molecule has 1 aromatic carbocycles. The van der Waals surface area contributed by atoms with Crippen LogP contribution in [0, 0.1) is 5.82 Å². The maximum atomic E-state index is 13.4. The van der Waals surface area contributed by atoms with Gasteiger partial charge in [-0.15, -0.1) is 0 Å². The number of anilines is 1. The van der Waals surface area contributed by atoms with E-state index in [0.29, 0.717) is 13.0 Å². The van der Waals surface area contributed by atoms with E-state index < -0.39 is 15.8 Å². The molecule has 18 heavy (non-hydrogen) atoms. The molecular formula is C11H17FN2O3S. The van der Waals surface area contributed by atoms with Crippen LogP contribution < -0.4 is 14.8 Å². The van der Waals surface area contributed by atoms with Gasteiger partial charge >= 0.3 is 0 Å². The normalized spacial score (nSPS) is 11.3. The number of halogens is 1. The molecular weight excluding hydrogens is 259 g/mol. The molecule has 0 aromatic heterocycles. The van der Waals surface area contributed by atoms with Gasteiger partial charge in [0.05, 0.1) is 18.6 Å². The lowest BCUT2D eigenvalue weighted by atomic mass is 10.3. The number of hydrogen-bond donors (Lipinski definition) is 2. The zero-order valence-electron chi connectivity index (χ0n) is 10.4. The van der Waals surface area contributed by atoms with Crippen LogP contribution in [0.5, 0.6) is 5.75 Å². The van der Waals surface area contributed by atoms with Gasteiger partial charge < -0.3 is 10.1 Å². The van der Waals surface area contributed by atoms with E-state index in [9.17, 15) is 12.8 Å². The number of hydrogen-bond acceptors (Lipinski definition) is 4. The Morgan fingerprint density at radius 3 is 2.67 bits per heavy atom. The summed E-state index contributed by atoms with van der Waals surface area (Å²) in [4.78, 5) is 0. The van der Waals surface area contributed by atoms with Crippen LogP contribution in [0.3, 0.4) is 0 Å². The van der Waals surface area contributed by atoms with Gasteiger partial charge in [-0.25, -0.2) is 12.8 Å². The molecule has 0 aliphatic heterocycles. The van der Waals surface area contributed by atoms with Crippen LogP contribution in [0.4, 0.5) is 10.1 Å². The molecule has 0 saturated carbocycles. The molecule has 2 N–H and O–H groups in total. The monoisotopic (exact) mass is 276 g/mol. The van der Waals surface area contributed by atoms with Crippen molar-refractivity contribution in [1.29, 1.82) is 0 Å². The van der Waals surface area contributed by atoms with Gasteiger partial charge in [-0.05, 0) is 32.1 Å². The molecule has 0 saturated heterocycles. The van der Waals surface area contributed by atoms with Crippen molar-refractivity contribution < 1.29 is 17.5 Å². The van der Waals surface area contributed by atoms with E-state index in [4.69, 9.17) is 4.74 Å². The quantitative estimate of drug-likeness (QED) is 0.734. The zero-order valence-corrected chi connectivity index (χ0v) is 11.2. The summed E-state index contributed by atoms with van der Waals surface area (Å²) in [6.07, 6.45) is 0.491. The van der Waals surface area contributed by atoms with Crippen molar-refractivity contribution in [1.82, 2.24) is 5.32 Å². The molecule has 0 unspecified atom stereocenters. The van der Waals surface area contributed by atoms with Crippen LogP contribution in [0.25, 0.3) is 0 Å². The molecule has 1 aromatic rings. The second kappa shape index (κ2) is 6.55. The van der Waals surface area contributed by atoms with Gasteiger partial charge in [0.15, 0.2) is 11.6 Å². The number of ether oxygens (including phenoxy) is 1. The fourth-order valence-electron chi connectivity index (χ4n) is 1.40. The third-order valence-electron chi connectivity index (χ3n) is 2.26. The summed E-state index contributed by atoms with van der Waals surface area (Å²) in [5, 5.41) is 2.86. The van der Waals surface area contributed by atoms with E-state index >= 15 is 0 Å². The minimum Gasteiger partial charge on any atom is -0.494 e. The highest BCUT2D eigenvalue weighted by Crippen LogP contribution is 2.21. The molecule has 5 nitrogen and oxygen atoms in total. The maximum absolute atomic E-state index is 13.4. The van der Waals surface area contributed by atoms with Crippen LogP contribution in [0.1, 0.15) is 6.42 Å². The Morgan fingerprint density at radius 1 is 1.39 bits per heavy atom. The van der Waals surface area contributed by atoms with Crippen molar-refractivity contribution in [3.05, 3.63) is 24.0 Å². The molecule has 102 valence electrons. The highest BCUT2D eigenvalue weighted by molar-refractivity contribution is 7.92. The Hall–Kier alpha value is -1.34. The van der Waals surface area contributed by atoms with Crippen molar-refractivity contribution in [2.45, 2.75) is 6.42 Å². The molecule has 0 atom stereocenters. The summed E-state index contributed by atoms with van der Waals surface area (Å²) in [7, 11) is -0.345. The van der Waals surface area contributed by atoms with Gasteiger partial charge in [0.2, 0.25) is 10.0 Å². The molecule has 0 spiro atoms. The van der Waals surface area contributed by atoms with E-state index in [1.54, 1.807) is 7.05 Å². The Bertz CT molecular complexity index is 491. The van der Waals surface area contributed by atoms with Gasteiger partial charge in [0.25, 0.3) is 0 Å². The van der Waals surface area contributed by atoms with Crippen LogP contribution in [-0.4, -0.2) is 34.9 Å². The van der Waals surface area contributed by atoms with Crippen LogP contribution in [0.15, 0.2) is 18.2 Å². The molecule has 0 aliphatic rings. The average molecular weight is 276 g/mol. The first-order valence-electron chi connectivity index (χ1n) is 5.47. The summed E-state index contributed by atoms with van der Waals surface area (Å²) in [6, 6.07) is 3.92. The Morgan fingerprint density at radius 2 is 2.11 bits per heavy atom. The Balaban J connectivity index is 2.69. The predicted molar refractivity (Wildman–Crippen MR) is 68.9 cm³/mol. The first-order valence-corrected chi connectivity index (χ1v) is 7.12. The third-order valence-corrected chi connectivity index (χ3v) is 3.64. The molecule has 0 fully saturated rings. The van der Waals surface area contributed by atoms with Crippen LogP contribution in [-0.2, 0) is 10.0 Å². The molecule has 1 rings (SSSR count). The van der Waals surface area contributed by atoms with Gasteiger partial charge in [0.1, 0.15) is 0 Å². The number of rotatable bonds is 7. The van der Waals surface area contributed by atoms with Gasteiger partial charge in [0, 0.05) is 6.07 Å². The van der Waals surface area contributed by atoms with Gasteiger partial charge in [-0.3, -0.25) is 4.72 Å². The van der Waals surface area contributed by atoms with Crippen molar-refractivity contribution in [3.63, 3.8) is 0 Å². The van der Waals surface area contributed by atoms with Gasteiger partial charge in [-0.1, -0.05) is 0 Å².